The van der Waals surface area contributed by atoms with E-state index in [2.05, 4.69) is 15.3 Å². The summed E-state index contributed by atoms with van der Waals surface area (Å²) in [6.45, 7) is 1.30. The lowest BCUT2D eigenvalue weighted by Crippen LogP contribution is -2.41. The summed E-state index contributed by atoms with van der Waals surface area (Å²) in [5, 5.41) is 2.67. The summed E-state index contributed by atoms with van der Waals surface area (Å²) in [4.78, 5) is 23.7. The fourth-order valence-corrected chi connectivity index (χ4v) is 3.32. The lowest BCUT2D eigenvalue weighted by atomic mass is 9.97. The molecule has 138 valence electrons. The normalized spacial score (nSPS) is 17.1. The van der Waals surface area contributed by atoms with Crippen LogP contribution in [0.25, 0.3) is 11.0 Å². The lowest BCUT2D eigenvalue weighted by molar-refractivity contribution is -0.120. The van der Waals surface area contributed by atoms with Crippen LogP contribution < -0.4 is 10.2 Å². The summed E-state index contributed by atoms with van der Waals surface area (Å²) in [7, 11) is 0. The van der Waals surface area contributed by atoms with Crippen LogP contribution in [-0.2, 0) is 4.79 Å². The highest BCUT2D eigenvalue weighted by Crippen LogP contribution is 2.24. The molecule has 1 atom stereocenters. The molecule has 1 fully saturated rings. The zero-order chi connectivity index (χ0) is 18.8. The molecule has 0 bridgehead atoms. The number of amides is 1. The van der Waals surface area contributed by atoms with Crippen LogP contribution in [0.1, 0.15) is 12.8 Å². The second-order valence-electron chi connectivity index (χ2n) is 6.62. The van der Waals surface area contributed by atoms with E-state index < -0.39 is 11.6 Å². The summed E-state index contributed by atoms with van der Waals surface area (Å²) in [6, 6.07) is 11.0. The first-order valence-corrected chi connectivity index (χ1v) is 8.83. The van der Waals surface area contributed by atoms with E-state index in [1.54, 1.807) is 6.20 Å². The number of fused-ring (bicyclic) bond motifs is 1. The summed E-state index contributed by atoms with van der Waals surface area (Å²) in [6.07, 6.45) is 3.29. The molecule has 1 aliphatic heterocycles. The number of aromatic nitrogens is 2. The Bertz CT molecular complexity index is 995. The van der Waals surface area contributed by atoms with Crippen molar-refractivity contribution in [2.75, 3.05) is 23.3 Å². The van der Waals surface area contributed by atoms with Gasteiger partial charge in [-0.25, -0.2) is 13.8 Å². The summed E-state index contributed by atoms with van der Waals surface area (Å²) >= 11 is 0. The van der Waals surface area contributed by atoms with E-state index in [4.69, 9.17) is 0 Å². The van der Waals surface area contributed by atoms with Gasteiger partial charge in [-0.2, -0.15) is 0 Å². The molecule has 2 aromatic carbocycles. The quantitative estimate of drug-likeness (QED) is 0.765. The monoisotopic (exact) mass is 368 g/mol. The number of benzene rings is 2. The Morgan fingerprint density at radius 3 is 2.74 bits per heavy atom. The van der Waals surface area contributed by atoms with Crippen molar-refractivity contribution in [3.63, 3.8) is 0 Å². The fourth-order valence-electron chi connectivity index (χ4n) is 3.32. The van der Waals surface area contributed by atoms with Gasteiger partial charge >= 0.3 is 0 Å². The van der Waals surface area contributed by atoms with Gasteiger partial charge in [-0.3, -0.25) is 9.78 Å². The summed E-state index contributed by atoms with van der Waals surface area (Å²) < 4.78 is 26.4. The first-order valence-electron chi connectivity index (χ1n) is 8.83. The highest BCUT2D eigenvalue weighted by Gasteiger charge is 2.27. The van der Waals surface area contributed by atoms with Crippen LogP contribution in [0.5, 0.6) is 0 Å². The highest BCUT2D eigenvalue weighted by atomic mass is 19.2. The molecule has 0 saturated carbocycles. The van der Waals surface area contributed by atoms with Gasteiger partial charge in [-0.15, -0.1) is 0 Å². The topological polar surface area (TPSA) is 58.1 Å². The molecule has 7 heteroatoms. The Labute approximate surface area is 155 Å². The van der Waals surface area contributed by atoms with Gasteiger partial charge < -0.3 is 10.2 Å². The fraction of sp³-hybridized carbons (Fsp3) is 0.250. The van der Waals surface area contributed by atoms with Crippen molar-refractivity contribution in [1.82, 2.24) is 9.97 Å². The minimum absolute atomic E-state index is 0.209. The molecule has 2 heterocycles. The van der Waals surface area contributed by atoms with Crippen LogP contribution in [0, 0.1) is 17.6 Å². The maximum Gasteiger partial charge on any atom is 0.229 e. The van der Waals surface area contributed by atoms with Gasteiger partial charge in [0.1, 0.15) is 5.82 Å². The average Bonchev–Trinajstić information content (AvgIpc) is 2.70. The maximum absolute atomic E-state index is 13.3. The predicted molar refractivity (Wildman–Crippen MR) is 99.5 cm³/mol. The van der Waals surface area contributed by atoms with E-state index in [1.165, 1.54) is 6.07 Å². The minimum atomic E-state index is -0.982. The predicted octanol–water partition coefficient (Wildman–Crippen LogP) is 3.76. The average molecular weight is 368 g/mol. The van der Waals surface area contributed by atoms with Crippen molar-refractivity contribution >= 4 is 28.4 Å². The molecule has 0 unspecified atom stereocenters. The van der Waals surface area contributed by atoms with Crippen LogP contribution >= 0.6 is 0 Å². The van der Waals surface area contributed by atoms with Crippen LogP contribution in [0.15, 0.2) is 48.7 Å². The van der Waals surface area contributed by atoms with E-state index in [0.717, 1.165) is 48.4 Å². The second kappa shape index (κ2) is 7.26. The van der Waals surface area contributed by atoms with E-state index in [9.17, 15) is 13.6 Å². The SMILES string of the molecule is O=C(Nc1ccc(F)c(F)c1)[C@@H]1CCCN(c2cnc3ccccc3n2)C1. The number of anilines is 2. The number of nitrogens with one attached hydrogen (secondary N) is 1. The van der Waals surface area contributed by atoms with Crippen molar-refractivity contribution < 1.29 is 13.6 Å². The van der Waals surface area contributed by atoms with Gasteiger partial charge in [0.05, 0.1) is 23.1 Å². The molecule has 27 heavy (non-hydrogen) atoms. The smallest absolute Gasteiger partial charge is 0.229 e. The Balaban J connectivity index is 1.48. The van der Waals surface area contributed by atoms with E-state index in [1.807, 2.05) is 29.2 Å². The number of halogens is 2. The molecule has 5 nitrogen and oxygen atoms in total. The first kappa shape index (κ1) is 17.3. The molecule has 1 saturated heterocycles. The third-order valence-corrected chi connectivity index (χ3v) is 4.74. The molecule has 0 aliphatic carbocycles. The van der Waals surface area contributed by atoms with Crippen LogP contribution in [0.3, 0.4) is 0 Å². The number of piperidine rings is 1. The van der Waals surface area contributed by atoms with Gasteiger partial charge in [-0.05, 0) is 37.1 Å². The molecule has 3 aromatic rings. The zero-order valence-corrected chi connectivity index (χ0v) is 14.5. The van der Waals surface area contributed by atoms with E-state index in [0.29, 0.717) is 6.54 Å². The number of carbonyl (C=O) groups is 1. The molecule has 1 aliphatic rings. The van der Waals surface area contributed by atoms with Crippen LogP contribution in [0.4, 0.5) is 20.3 Å². The molecule has 0 radical (unpaired) electrons. The van der Waals surface area contributed by atoms with E-state index >= 15 is 0 Å². The number of hydrogen-bond acceptors (Lipinski definition) is 4. The number of rotatable bonds is 3. The van der Waals surface area contributed by atoms with E-state index in [-0.39, 0.29) is 17.5 Å². The molecule has 1 N–H and O–H groups in total. The largest absolute Gasteiger partial charge is 0.355 e. The van der Waals surface area contributed by atoms with Crippen LogP contribution in [0.2, 0.25) is 0 Å². The summed E-state index contributed by atoms with van der Waals surface area (Å²) in [5.74, 6) is -1.66. The number of nitrogens with zero attached hydrogens (tertiary/aromatic N) is 3. The maximum atomic E-state index is 13.3. The molecule has 1 aromatic heterocycles. The van der Waals surface area contributed by atoms with Gasteiger partial charge in [0.15, 0.2) is 11.6 Å². The molecule has 4 rings (SSSR count). The first-order chi connectivity index (χ1) is 13.1. The van der Waals surface area contributed by atoms with Crippen LogP contribution in [-0.4, -0.2) is 29.0 Å². The van der Waals surface area contributed by atoms with Gasteiger partial charge in [0.2, 0.25) is 5.91 Å². The van der Waals surface area contributed by atoms with Crippen molar-refractivity contribution in [2.45, 2.75) is 12.8 Å². The Morgan fingerprint density at radius 2 is 1.93 bits per heavy atom. The number of carbonyl (C=O) groups excluding carboxylic acids is 1. The Morgan fingerprint density at radius 1 is 1.11 bits per heavy atom. The number of hydrogen-bond donors (Lipinski definition) is 1. The number of para-hydroxylation sites is 2. The molecule has 1 amide bonds. The van der Waals surface area contributed by atoms with Gasteiger partial charge in [0.25, 0.3) is 0 Å². The molecule has 0 spiro atoms. The van der Waals surface area contributed by atoms with Crippen molar-refractivity contribution in [1.29, 1.82) is 0 Å². The lowest BCUT2D eigenvalue weighted by Gasteiger charge is -2.32. The standard InChI is InChI=1S/C20H18F2N4O/c21-15-8-7-14(10-16(15)22)24-20(27)13-4-3-9-26(12-13)19-11-23-17-5-1-2-6-18(17)25-19/h1-2,5-8,10-11,13H,3-4,9,12H2,(H,24,27)/t13-/m1/s1. The second-order valence-corrected chi connectivity index (χ2v) is 6.62. The Kier molecular flexibility index (Phi) is 4.66. The van der Waals surface area contributed by atoms with Gasteiger partial charge in [0, 0.05) is 24.8 Å². The zero-order valence-electron chi connectivity index (χ0n) is 14.5. The Hall–Kier alpha value is -3.09. The highest BCUT2D eigenvalue weighted by molar-refractivity contribution is 5.93. The summed E-state index contributed by atoms with van der Waals surface area (Å²) in [5.41, 5.74) is 1.88. The van der Waals surface area contributed by atoms with Crippen molar-refractivity contribution in [3.8, 4) is 0 Å². The molecular weight excluding hydrogens is 350 g/mol. The van der Waals surface area contributed by atoms with Crippen molar-refractivity contribution in [2.24, 2.45) is 5.92 Å². The van der Waals surface area contributed by atoms with Crippen molar-refractivity contribution in [3.05, 3.63) is 60.3 Å². The minimum Gasteiger partial charge on any atom is -0.355 e. The third-order valence-electron chi connectivity index (χ3n) is 4.74. The van der Waals surface area contributed by atoms with Gasteiger partial charge in [-0.1, -0.05) is 12.1 Å². The molecular formula is C20H18F2N4O. The third kappa shape index (κ3) is 3.72.